The fourth-order valence-corrected chi connectivity index (χ4v) is 2.74. The molecule has 2 rings (SSSR count). The van der Waals surface area contributed by atoms with Crippen LogP contribution in [-0.4, -0.2) is 7.05 Å². The van der Waals surface area contributed by atoms with E-state index >= 15 is 0 Å². The van der Waals surface area contributed by atoms with E-state index in [9.17, 15) is 8.78 Å². The molecule has 106 valence electrons. The molecule has 1 unspecified atom stereocenters. The fourth-order valence-electron chi connectivity index (χ4n) is 2.06. The Morgan fingerprint density at radius 3 is 2.60 bits per heavy atom. The van der Waals surface area contributed by atoms with Crippen molar-refractivity contribution in [3.63, 3.8) is 0 Å². The fraction of sp³-hybridized carbons (Fsp3) is 0.200. The van der Waals surface area contributed by atoms with Gasteiger partial charge in [-0.25, -0.2) is 8.78 Å². The van der Waals surface area contributed by atoms with Crippen LogP contribution in [0.5, 0.6) is 0 Å². The summed E-state index contributed by atoms with van der Waals surface area (Å²) >= 11 is 9.13. The monoisotopic (exact) mass is 359 g/mol. The van der Waals surface area contributed by atoms with Crippen LogP contribution in [0.4, 0.5) is 8.78 Å². The van der Waals surface area contributed by atoms with Gasteiger partial charge >= 0.3 is 0 Å². The van der Waals surface area contributed by atoms with Crippen molar-refractivity contribution in [1.82, 2.24) is 5.32 Å². The zero-order chi connectivity index (χ0) is 14.7. The number of hydrogen-bond acceptors (Lipinski definition) is 1. The average molecular weight is 361 g/mol. The van der Waals surface area contributed by atoms with Crippen molar-refractivity contribution in [3.05, 3.63) is 68.7 Å². The van der Waals surface area contributed by atoms with E-state index in [0.29, 0.717) is 17.0 Å². The lowest BCUT2D eigenvalue weighted by Crippen LogP contribution is -2.20. The molecule has 0 aliphatic carbocycles. The molecular formula is C15H13BrClF2N. The van der Waals surface area contributed by atoms with Crippen LogP contribution >= 0.6 is 27.5 Å². The maximum atomic E-state index is 13.8. The zero-order valence-electron chi connectivity index (χ0n) is 10.8. The maximum Gasteiger partial charge on any atom is 0.127 e. The van der Waals surface area contributed by atoms with Crippen molar-refractivity contribution < 1.29 is 8.78 Å². The van der Waals surface area contributed by atoms with Gasteiger partial charge in [-0.3, -0.25) is 0 Å². The molecule has 0 radical (unpaired) electrons. The SMILES string of the molecule is CNC(Cc1ccc(Cl)cc1F)c1cc(F)ccc1Br. The van der Waals surface area contributed by atoms with Gasteiger partial charge in [0.15, 0.2) is 0 Å². The zero-order valence-corrected chi connectivity index (χ0v) is 13.1. The van der Waals surface area contributed by atoms with E-state index in [0.717, 1.165) is 10.0 Å². The largest absolute Gasteiger partial charge is 0.313 e. The minimum absolute atomic E-state index is 0.198. The molecule has 0 bridgehead atoms. The lowest BCUT2D eigenvalue weighted by atomic mass is 9.98. The van der Waals surface area contributed by atoms with E-state index in [1.165, 1.54) is 18.2 Å². The van der Waals surface area contributed by atoms with Crippen molar-refractivity contribution in [1.29, 1.82) is 0 Å². The highest BCUT2D eigenvalue weighted by Gasteiger charge is 2.16. The molecule has 2 aromatic carbocycles. The summed E-state index contributed by atoms with van der Waals surface area (Å²) in [6.07, 6.45) is 0.404. The Hall–Kier alpha value is -0.970. The van der Waals surface area contributed by atoms with Crippen LogP contribution in [0.2, 0.25) is 5.02 Å². The summed E-state index contributed by atoms with van der Waals surface area (Å²) in [6, 6.07) is 8.85. The van der Waals surface area contributed by atoms with Gasteiger partial charge in [-0.2, -0.15) is 0 Å². The average Bonchev–Trinajstić information content (AvgIpc) is 2.41. The van der Waals surface area contributed by atoms with Gasteiger partial charge < -0.3 is 5.32 Å². The van der Waals surface area contributed by atoms with Crippen molar-refractivity contribution in [2.75, 3.05) is 7.05 Å². The molecule has 20 heavy (non-hydrogen) atoms. The summed E-state index contributed by atoms with van der Waals surface area (Å²) in [5.74, 6) is -0.676. The number of benzene rings is 2. The molecule has 0 spiro atoms. The molecule has 0 aromatic heterocycles. The Kier molecular flexibility index (Phi) is 5.13. The first-order valence-corrected chi connectivity index (χ1v) is 7.24. The minimum Gasteiger partial charge on any atom is -0.313 e. The van der Waals surface area contributed by atoms with Crippen LogP contribution in [0.3, 0.4) is 0 Å². The lowest BCUT2D eigenvalue weighted by Gasteiger charge is -2.19. The Morgan fingerprint density at radius 2 is 1.95 bits per heavy atom. The summed E-state index contributed by atoms with van der Waals surface area (Å²) in [7, 11) is 1.76. The molecule has 1 N–H and O–H groups in total. The van der Waals surface area contributed by atoms with Gasteiger partial charge in [-0.05, 0) is 54.9 Å². The van der Waals surface area contributed by atoms with E-state index in [-0.39, 0.29) is 17.7 Å². The molecule has 0 saturated heterocycles. The highest BCUT2D eigenvalue weighted by molar-refractivity contribution is 9.10. The number of hydrogen-bond donors (Lipinski definition) is 1. The Balaban J connectivity index is 2.31. The molecule has 0 aliphatic heterocycles. The summed E-state index contributed by atoms with van der Waals surface area (Å²) < 4.78 is 28.0. The standard InChI is InChI=1S/C15H13BrClF2N/c1-20-15(12-8-11(18)4-5-13(12)16)6-9-2-3-10(17)7-14(9)19/h2-5,7-8,15,20H,6H2,1H3. The molecule has 1 nitrogen and oxygen atoms in total. The van der Waals surface area contributed by atoms with E-state index in [1.54, 1.807) is 25.2 Å². The van der Waals surface area contributed by atoms with Crippen LogP contribution in [0.15, 0.2) is 40.9 Å². The van der Waals surface area contributed by atoms with Gasteiger partial charge in [-0.15, -0.1) is 0 Å². The van der Waals surface area contributed by atoms with E-state index in [1.807, 2.05) is 0 Å². The molecule has 5 heteroatoms. The molecule has 1 atom stereocenters. The van der Waals surface area contributed by atoms with Crippen molar-refractivity contribution >= 4 is 27.5 Å². The second kappa shape index (κ2) is 6.66. The van der Waals surface area contributed by atoms with Gasteiger partial charge in [0.2, 0.25) is 0 Å². The molecule has 0 heterocycles. The van der Waals surface area contributed by atoms with Gasteiger partial charge in [0.25, 0.3) is 0 Å². The van der Waals surface area contributed by atoms with Crippen molar-refractivity contribution in [3.8, 4) is 0 Å². The highest BCUT2D eigenvalue weighted by atomic mass is 79.9. The first-order chi connectivity index (χ1) is 9.51. The molecule has 2 aromatic rings. The Labute approximate surface area is 130 Å². The number of rotatable bonds is 4. The molecular weight excluding hydrogens is 348 g/mol. The van der Waals surface area contributed by atoms with E-state index in [4.69, 9.17) is 11.6 Å². The van der Waals surface area contributed by atoms with Crippen LogP contribution in [0.1, 0.15) is 17.2 Å². The first kappa shape index (κ1) is 15.4. The predicted octanol–water partition coefficient (Wildman–Crippen LogP) is 4.88. The topological polar surface area (TPSA) is 12.0 Å². The van der Waals surface area contributed by atoms with E-state index < -0.39 is 0 Å². The normalized spacial score (nSPS) is 12.4. The van der Waals surface area contributed by atoms with Crippen LogP contribution in [0.25, 0.3) is 0 Å². The highest BCUT2D eigenvalue weighted by Crippen LogP contribution is 2.28. The molecule has 0 saturated carbocycles. The molecule has 0 amide bonds. The quantitative estimate of drug-likeness (QED) is 0.819. The minimum atomic E-state index is -0.356. The lowest BCUT2D eigenvalue weighted by molar-refractivity contribution is 0.547. The second-order valence-electron chi connectivity index (χ2n) is 4.45. The molecule has 0 fully saturated rings. The maximum absolute atomic E-state index is 13.8. The first-order valence-electron chi connectivity index (χ1n) is 6.07. The van der Waals surface area contributed by atoms with Gasteiger partial charge in [0, 0.05) is 15.5 Å². The smallest absolute Gasteiger partial charge is 0.127 e. The number of halogens is 4. The van der Waals surface area contributed by atoms with E-state index in [2.05, 4.69) is 21.2 Å². The Morgan fingerprint density at radius 1 is 1.20 bits per heavy atom. The third kappa shape index (κ3) is 3.57. The third-order valence-corrected chi connectivity index (χ3v) is 4.08. The number of nitrogens with one attached hydrogen (secondary N) is 1. The summed E-state index contributed by atoms with van der Waals surface area (Å²) in [4.78, 5) is 0. The van der Waals surface area contributed by atoms with Crippen LogP contribution in [-0.2, 0) is 6.42 Å². The summed E-state index contributed by atoms with van der Waals surface area (Å²) in [6.45, 7) is 0. The van der Waals surface area contributed by atoms with Gasteiger partial charge in [0.1, 0.15) is 11.6 Å². The molecule has 0 aliphatic rings. The van der Waals surface area contributed by atoms with Gasteiger partial charge in [0.05, 0.1) is 0 Å². The predicted molar refractivity (Wildman–Crippen MR) is 81.0 cm³/mol. The van der Waals surface area contributed by atoms with Crippen LogP contribution in [0, 0.1) is 11.6 Å². The van der Waals surface area contributed by atoms with Crippen molar-refractivity contribution in [2.24, 2.45) is 0 Å². The number of likely N-dealkylation sites (N-methyl/N-ethyl adjacent to an activating group) is 1. The van der Waals surface area contributed by atoms with Crippen molar-refractivity contribution in [2.45, 2.75) is 12.5 Å². The summed E-state index contributed by atoms with van der Waals surface area (Å²) in [5, 5.41) is 3.44. The van der Waals surface area contributed by atoms with Crippen LogP contribution < -0.4 is 5.32 Å². The Bertz CT molecular complexity index is 619. The second-order valence-corrected chi connectivity index (χ2v) is 5.74. The third-order valence-electron chi connectivity index (χ3n) is 3.12. The summed E-state index contributed by atoms with van der Waals surface area (Å²) in [5.41, 5.74) is 1.28. The van der Waals surface area contributed by atoms with Gasteiger partial charge in [-0.1, -0.05) is 33.6 Å².